The van der Waals surface area contributed by atoms with Crippen LogP contribution in [0.1, 0.15) is 26.5 Å². The first kappa shape index (κ1) is 14.3. The van der Waals surface area contributed by atoms with Crippen LogP contribution >= 0.6 is 0 Å². The van der Waals surface area contributed by atoms with Gasteiger partial charge in [0.05, 0.1) is 6.33 Å². The third-order valence-corrected chi connectivity index (χ3v) is 2.69. The zero-order chi connectivity index (χ0) is 14.4. The molecule has 0 aliphatic heterocycles. The first-order valence-corrected chi connectivity index (χ1v) is 6.81. The van der Waals surface area contributed by atoms with Crippen molar-refractivity contribution in [2.75, 3.05) is 23.7 Å². The molecular formula is C14H22N6. The standard InChI is InChI=1S/C14H22N6/c1-14(2,3)9-18-13-17-7-5-12(20-13)16-6-4-11-8-15-10-19-11/h5,7-8,10H,4,6,9H2,1-3H3,(H,15,19)(H2,16,17,18,20). The van der Waals surface area contributed by atoms with Gasteiger partial charge in [0.15, 0.2) is 0 Å². The lowest BCUT2D eigenvalue weighted by atomic mass is 9.97. The number of aromatic amines is 1. The molecule has 0 aliphatic carbocycles. The monoisotopic (exact) mass is 274 g/mol. The van der Waals surface area contributed by atoms with Crippen LogP contribution in [0.5, 0.6) is 0 Å². The summed E-state index contributed by atoms with van der Waals surface area (Å²) >= 11 is 0. The van der Waals surface area contributed by atoms with Gasteiger partial charge < -0.3 is 15.6 Å². The Morgan fingerprint density at radius 1 is 1.25 bits per heavy atom. The van der Waals surface area contributed by atoms with Gasteiger partial charge >= 0.3 is 0 Å². The number of aromatic nitrogens is 4. The van der Waals surface area contributed by atoms with Crippen LogP contribution < -0.4 is 10.6 Å². The minimum absolute atomic E-state index is 0.202. The Kier molecular flexibility index (Phi) is 4.55. The quantitative estimate of drug-likeness (QED) is 0.753. The van der Waals surface area contributed by atoms with E-state index in [0.29, 0.717) is 5.95 Å². The second-order valence-electron chi connectivity index (χ2n) is 5.93. The summed E-state index contributed by atoms with van der Waals surface area (Å²) in [6.45, 7) is 8.16. The smallest absolute Gasteiger partial charge is 0.224 e. The average molecular weight is 274 g/mol. The van der Waals surface area contributed by atoms with Gasteiger partial charge in [0, 0.05) is 37.6 Å². The molecule has 0 radical (unpaired) electrons. The Balaban J connectivity index is 1.83. The number of nitrogens with zero attached hydrogens (tertiary/aromatic N) is 3. The molecule has 0 aromatic carbocycles. The summed E-state index contributed by atoms with van der Waals surface area (Å²) in [5, 5.41) is 6.53. The van der Waals surface area contributed by atoms with E-state index < -0.39 is 0 Å². The van der Waals surface area contributed by atoms with Crippen molar-refractivity contribution in [3.63, 3.8) is 0 Å². The van der Waals surface area contributed by atoms with E-state index in [0.717, 1.165) is 31.0 Å². The molecule has 2 heterocycles. The van der Waals surface area contributed by atoms with Crippen molar-refractivity contribution in [3.8, 4) is 0 Å². The van der Waals surface area contributed by atoms with Gasteiger partial charge in [-0.15, -0.1) is 0 Å². The molecule has 2 aromatic rings. The van der Waals surface area contributed by atoms with Crippen LogP contribution in [0, 0.1) is 5.41 Å². The molecule has 0 saturated carbocycles. The number of imidazole rings is 1. The van der Waals surface area contributed by atoms with Crippen LogP contribution in [0.15, 0.2) is 24.8 Å². The lowest BCUT2D eigenvalue weighted by Crippen LogP contribution is -2.20. The van der Waals surface area contributed by atoms with Crippen molar-refractivity contribution in [1.29, 1.82) is 0 Å². The van der Waals surface area contributed by atoms with E-state index in [2.05, 4.69) is 51.3 Å². The second-order valence-corrected chi connectivity index (χ2v) is 5.93. The minimum Gasteiger partial charge on any atom is -0.370 e. The molecular weight excluding hydrogens is 252 g/mol. The molecule has 20 heavy (non-hydrogen) atoms. The number of rotatable bonds is 6. The maximum Gasteiger partial charge on any atom is 0.224 e. The van der Waals surface area contributed by atoms with E-state index in [9.17, 15) is 0 Å². The normalized spacial score (nSPS) is 11.3. The van der Waals surface area contributed by atoms with E-state index >= 15 is 0 Å². The van der Waals surface area contributed by atoms with Gasteiger partial charge in [-0.25, -0.2) is 9.97 Å². The van der Waals surface area contributed by atoms with Crippen molar-refractivity contribution >= 4 is 11.8 Å². The van der Waals surface area contributed by atoms with Gasteiger partial charge in [-0.3, -0.25) is 0 Å². The first-order chi connectivity index (χ1) is 9.53. The van der Waals surface area contributed by atoms with Crippen LogP contribution in [0.4, 0.5) is 11.8 Å². The largest absolute Gasteiger partial charge is 0.370 e. The second kappa shape index (κ2) is 6.36. The van der Waals surface area contributed by atoms with Gasteiger partial charge in [0.2, 0.25) is 5.95 Å². The SMILES string of the molecule is CC(C)(C)CNc1nccc(NCCc2cnc[nH]2)n1. The van der Waals surface area contributed by atoms with E-state index in [1.54, 1.807) is 12.5 Å². The molecule has 6 nitrogen and oxygen atoms in total. The molecule has 0 atom stereocenters. The first-order valence-electron chi connectivity index (χ1n) is 6.81. The van der Waals surface area contributed by atoms with Gasteiger partial charge in [-0.2, -0.15) is 4.98 Å². The van der Waals surface area contributed by atoms with E-state index in [4.69, 9.17) is 0 Å². The van der Waals surface area contributed by atoms with Gasteiger partial charge in [-0.05, 0) is 11.5 Å². The molecule has 0 fully saturated rings. The molecule has 108 valence electrons. The fourth-order valence-corrected chi connectivity index (χ4v) is 1.63. The Labute approximate surface area is 119 Å². The molecule has 0 unspecified atom stereocenters. The number of nitrogens with one attached hydrogen (secondary N) is 3. The number of anilines is 2. The fourth-order valence-electron chi connectivity index (χ4n) is 1.63. The predicted molar refractivity (Wildman–Crippen MR) is 80.8 cm³/mol. The predicted octanol–water partition coefficient (Wildman–Crippen LogP) is 2.31. The molecule has 0 saturated heterocycles. The molecule has 0 aliphatic rings. The molecule has 0 spiro atoms. The Morgan fingerprint density at radius 3 is 2.80 bits per heavy atom. The van der Waals surface area contributed by atoms with Crippen LogP contribution in [-0.4, -0.2) is 33.0 Å². The van der Waals surface area contributed by atoms with Crippen molar-refractivity contribution in [1.82, 2.24) is 19.9 Å². The number of hydrogen-bond donors (Lipinski definition) is 3. The average Bonchev–Trinajstić information content (AvgIpc) is 2.89. The van der Waals surface area contributed by atoms with Crippen molar-refractivity contribution in [2.24, 2.45) is 5.41 Å². The summed E-state index contributed by atoms with van der Waals surface area (Å²) in [4.78, 5) is 15.7. The maximum absolute atomic E-state index is 4.44. The highest BCUT2D eigenvalue weighted by Gasteiger charge is 2.10. The van der Waals surface area contributed by atoms with Crippen molar-refractivity contribution in [3.05, 3.63) is 30.5 Å². The van der Waals surface area contributed by atoms with Gasteiger partial charge in [0.25, 0.3) is 0 Å². The lowest BCUT2D eigenvalue weighted by molar-refractivity contribution is 0.442. The van der Waals surface area contributed by atoms with E-state index in [1.165, 1.54) is 0 Å². The third-order valence-electron chi connectivity index (χ3n) is 2.69. The summed E-state index contributed by atoms with van der Waals surface area (Å²) in [7, 11) is 0. The molecule has 0 amide bonds. The third kappa shape index (κ3) is 4.87. The maximum atomic E-state index is 4.44. The highest BCUT2D eigenvalue weighted by atomic mass is 15.1. The highest BCUT2D eigenvalue weighted by molar-refractivity contribution is 5.39. The van der Waals surface area contributed by atoms with Crippen LogP contribution in [0.2, 0.25) is 0 Å². The molecule has 2 rings (SSSR count). The fraction of sp³-hybridized carbons (Fsp3) is 0.500. The highest BCUT2D eigenvalue weighted by Crippen LogP contribution is 2.14. The van der Waals surface area contributed by atoms with Gasteiger partial charge in [0.1, 0.15) is 5.82 Å². The Morgan fingerprint density at radius 2 is 2.10 bits per heavy atom. The van der Waals surface area contributed by atoms with Gasteiger partial charge in [-0.1, -0.05) is 20.8 Å². The van der Waals surface area contributed by atoms with Crippen molar-refractivity contribution in [2.45, 2.75) is 27.2 Å². The summed E-state index contributed by atoms with van der Waals surface area (Å²) < 4.78 is 0. The summed E-state index contributed by atoms with van der Waals surface area (Å²) in [6, 6.07) is 1.87. The van der Waals surface area contributed by atoms with E-state index in [1.807, 2.05) is 12.3 Å². The number of H-pyrrole nitrogens is 1. The summed E-state index contributed by atoms with van der Waals surface area (Å²) in [5.41, 5.74) is 1.31. The van der Waals surface area contributed by atoms with E-state index in [-0.39, 0.29) is 5.41 Å². The lowest BCUT2D eigenvalue weighted by Gasteiger charge is -2.18. The summed E-state index contributed by atoms with van der Waals surface area (Å²) in [6.07, 6.45) is 6.16. The zero-order valence-electron chi connectivity index (χ0n) is 12.3. The molecule has 6 heteroatoms. The molecule has 0 bridgehead atoms. The Bertz CT molecular complexity index is 515. The zero-order valence-corrected chi connectivity index (χ0v) is 12.3. The van der Waals surface area contributed by atoms with Crippen LogP contribution in [0.25, 0.3) is 0 Å². The Hall–Kier alpha value is -2.11. The van der Waals surface area contributed by atoms with Crippen LogP contribution in [0.3, 0.4) is 0 Å². The summed E-state index contributed by atoms with van der Waals surface area (Å²) in [5.74, 6) is 1.49. The van der Waals surface area contributed by atoms with Crippen LogP contribution in [-0.2, 0) is 6.42 Å². The topological polar surface area (TPSA) is 78.5 Å². The molecule has 3 N–H and O–H groups in total. The molecule has 2 aromatic heterocycles. The minimum atomic E-state index is 0.202. The van der Waals surface area contributed by atoms with Crippen molar-refractivity contribution < 1.29 is 0 Å². The number of hydrogen-bond acceptors (Lipinski definition) is 5.